The van der Waals surface area contributed by atoms with Gasteiger partial charge in [-0.05, 0) is 89.0 Å². The van der Waals surface area contributed by atoms with Crippen LogP contribution in [0, 0.1) is 17.3 Å². The minimum Gasteiger partial charge on any atom is -0.462 e. The second-order valence-corrected chi connectivity index (χ2v) is 11.2. The molecule has 0 radical (unpaired) electrons. The van der Waals surface area contributed by atoms with Crippen LogP contribution in [0.25, 0.3) is 0 Å². The molecule has 0 aromatic rings. The minimum atomic E-state index is -0.859. The van der Waals surface area contributed by atoms with Gasteiger partial charge in [-0.15, -0.1) is 0 Å². The normalized spacial score (nSPS) is 35.5. The van der Waals surface area contributed by atoms with E-state index in [1.165, 1.54) is 5.57 Å². The predicted molar refractivity (Wildman–Crippen MR) is 126 cm³/mol. The minimum absolute atomic E-state index is 0.110. The molecule has 6 atom stereocenters. The number of allylic oxidation sites excluding steroid dienone is 3. The summed E-state index contributed by atoms with van der Waals surface area (Å²) >= 11 is 0. The van der Waals surface area contributed by atoms with Crippen LogP contribution in [0.1, 0.15) is 85.5 Å². The van der Waals surface area contributed by atoms with Crippen molar-refractivity contribution in [3.63, 3.8) is 0 Å². The van der Waals surface area contributed by atoms with Gasteiger partial charge in [0.25, 0.3) is 0 Å². The summed E-state index contributed by atoms with van der Waals surface area (Å²) < 4.78 is 5.82. The van der Waals surface area contributed by atoms with E-state index in [1.807, 2.05) is 6.92 Å². The number of esters is 1. The fourth-order valence-corrected chi connectivity index (χ4v) is 6.23. The maximum absolute atomic E-state index is 12.3. The zero-order chi connectivity index (χ0) is 23.7. The third-order valence-corrected chi connectivity index (χ3v) is 8.16. The van der Waals surface area contributed by atoms with Crippen molar-refractivity contribution in [2.75, 3.05) is 0 Å². The maximum Gasteiger partial charge on any atom is 0.306 e. The first-order valence-corrected chi connectivity index (χ1v) is 12.3. The Balaban J connectivity index is 1.67. The Kier molecular flexibility index (Phi) is 7.73. The van der Waals surface area contributed by atoms with Gasteiger partial charge < -0.3 is 20.1 Å². The Morgan fingerprint density at radius 2 is 1.91 bits per heavy atom. The van der Waals surface area contributed by atoms with Gasteiger partial charge in [0.1, 0.15) is 6.10 Å². The molecule has 180 valence electrons. The lowest BCUT2D eigenvalue weighted by atomic mass is 9.62. The molecule has 0 bridgehead atoms. The van der Waals surface area contributed by atoms with Gasteiger partial charge in [-0.2, -0.15) is 0 Å². The smallest absolute Gasteiger partial charge is 0.306 e. The third-order valence-electron chi connectivity index (χ3n) is 8.16. The summed E-state index contributed by atoms with van der Waals surface area (Å²) in [7, 11) is 0. The second kappa shape index (κ2) is 9.82. The van der Waals surface area contributed by atoms with E-state index >= 15 is 0 Å². The summed E-state index contributed by atoms with van der Waals surface area (Å²) in [5.41, 5.74) is 2.29. The van der Waals surface area contributed by atoms with Crippen molar-refractivity contribution in [1.29, 1.82) is 0 Å². The van der Waals surface area contributed by atoms with Crippen molar-refractivity contribution in [3.05, 3.63) is 35.5 Å². The Morgan fingerprint density at radius 3 is 2.53 bits per heavy atom. The SMILES string of the molecule is C=C1[C@H](O)CC(=CC=C2CCC[C@]3(C)[C@@H]([C@H](C)OC(=O)CCC(C)(C)O)CC[C@@H]23)C[C@H]1O. The molecule has 3 rings (SSSR count). The average molecular weight is 447 g/mol. The highest BCUT2D eigenvalue weighted by Gasteiger charge is 2.51. The number of fused-ring (bicyclic) bond motifs is 1. The summed E-state index contributed by atoms with van der Waals surface area (Å²) in [5, 5.41) is 30.1. The van der Waals surface area contributed by atoms with Crippen molar-refractivity contribution in [1.82, 2.24) is 0 Å². The molecular weight excluding hydrogens is 404 g/mol. The molecule has 3 fully saturated rings. The van der Waals surface area contributed by atoms with Gasteiger partial charge in [0.15, 0.2) is 0 Å². The van der Waals surface area contributed by atoms with Crippen molar-refractivity contribution in [2.24, 2.45) is 17.3 Å². The van der Waals surface area contributed by atoms with Crippen molar-refractivity contribution < 1.29 is 24.9 Å². The van der Waals surface area contributed by atoms with Gasteiger partial charge in [0, 0.05) is 12.3 Å². The van der Waals surface area contributed by atoms with E-state index in [2.05, 4.69) is 25.7 Å². The summed E-state index contributed by atoms with van der Waals surface area (Å²) in [6.07, 6.45) is 10.1. The number of aliphatic hydroxyl groups excluding tert-OH is 2. The Labute approximate surface area is 193 Å². The Bertz CT molecular complexity index is 757. The van der Waals surface area contributed by atoms with E-state index < -0.39 is 17.8 Å². The molecule has 0 spiro atoms. The number of aliphatic hydroxyl groups is 3. The summed E-state index contributed by atoms with van der Waals surface area (Å²) in [6, 6.07) is 0. The van der Waals surface area contributed by atoms with Crippen LogP contribution in [-0.4, -0.2) is 45.2 Å². The maximum atomic E-state index is 12.3. The number of hydrogen-bond acceptors (Lipinski definition) is 5. The molecule has 0 saturated heterocycles. The van der Waals surface area contributed by atoms with Crippen LogP contribution in [0.15, 0.2) is 35.5 Å². The molecule has 3 aliphatic carbocycles. The molecule has 32 heavy (non-hydrogen) atoms. The standard InChI is InChI=1S/C27H42O5/c1-17-23(28)15-19(16-24(17)29)8-9-20-7-6-13-27(5)21(10-11-22(20)27)18(2)32-25(30)12-14-26(3,4)31/h8-9,18,21-24,28-29,31H,1,6-7,10-16H2,2-5H3/t18-,21+,22-,23+,24+,27+/m0/s1. The quantitative estimate of drug-likeness (QED) is 0.410. The molecule has 0 aliphatic heterocycles. The number of carbonyl (C=O) groups excluding carboxylic acids is 1. The number of carbonyl (C=O) groups is 1. The van der Waals surface area contributed by atoms with E-state index in [9.17, 15) is 20.1 Å². The molecule has 0 heterocycles. The first kappa shape index (κ1) is 25.2. The molecule has 5 nitrogen and oxygen atoms in total. The molecule has 0 aromatic heterocycles. The Hall–Kier alpha value is -1.43. The highest BCUT2D eigenvalue weighted by atomic mass is 16.5. The van der Waals surface area contributed by atoms with Crippen LogP contribution in [0.5, 0.6) is 0 Å². The highest BCUT2D eigenvalue weighted by molar-refractivity contribution is 5.69. The van der Waals surface area contributed by atoms with Gasteiger partial charge in [-0.25, -0.2) is 0 Å². The largest absolute Gasteiger partial charge is 0.462 e. The lowest BCUT2D eigenvalue weighted by Gasteiger charge is -2.44. The zero-order valence-corrected chi connectivity index (χ0v) is 20.3. The molecule has 0 amide bonds. The summed E-state index contributed by atoms with van der Waals surface area (Å²) in [5.74, 6) is 0.583. The summed E-state index contributed by atoms with van der Waals surface area (Å²) in [4.78, 5) is 12.3. The van der Waals surface area contributed by atoms with E-state index in [-0.39, 0.29) is 23.9 Å². The molecule has 0 unspecified atom stereocenters. The molecule has 3 aliphatic rings. The van der Waals surface area contributed by atoms with Crippen LogP contribution >= 0.6 is 0 Å². The number of rotatable bonds is 6. The van der Waals surface area contributed by atoms with Crippen molar-refractivity contribution in [2.45, 2.75) is 109 Å². The molecule has 5 heteroatoms. The molecule has 3 saturated carbocycles. The van der Waals surface area contributed by atoms with Crippen molar-refractivity contribution in [3.8, 4) is 0 Å². The van der Waals surface area contributed by atoms with Crippen LogP contribution in [-0.2, 0) is 9.53 Å². The topological polar surface area (TPSA) is 87.0 Å². The Morgan fingerprint density at radius 1 is 1.25 bits per heavy atom. The molecular formula is C27H42O5. The fourth-order valence-electron chi connectivity index (χ4n) is 6.23. The van der Waals surface area contributed by atoms with Crippen LogP contribution in [0.4, 0.5) is 0 Å². The van der Waals surface area contributed by atoms with Gasteiger partial charge in [0.2, 0.25) is 0 Å². The number of hydrogen-bond donors (Lipinski definition) is 3. The van der Waals surface area contributed by atoms with E-state index in [0.717, 1.165) is 37.7 Å². The fraction of sp³-hybridized carbons (Fsp3) is 0.741. The average Bonchev–Trinajstić information content (AvgIpc) is 3.06. The van der Waals surface area contributed by atoms with Gasteiger partial charge in [0.05, 0.1) is 17.8 Å². The van der Waals surface area contributed by atoms with Gasteiger partial charge in [-0.3, -0.25) is 4.79 Å². The monoisotopic (exact) mass is 446 g/mol. The first-order chi connectivity index (χ1) is 14.9. The van der Waals surface area contributed by atoms with Crippen LogP contribution in [0.3, 0.4) is 0 Å². The first-order valence-electron chi connectivity index (χ1n) is 12.3. The van der Waals surface area contributed by atoms with Gasteiger partial charge in [-0.1, -0.05) is 36.8 Å². The van der Waals surface area contributed by atoms with Crippen molar-refractivity contribution >= 4 is 5.97 Å². The highest BCUT2D eigenvalue weighted by Crippen LogP contribution is 2.58. The molecule has 3 N–H and O–H groups in total. The lowest BCUT2D eigenvalue weighted by Crippen LogP contribution is -2.39. The predicted octanol–water partition coefficient (Wildman–Crippen LogP) is 4.61. The number of ether oxygens (including phenoxy) is 1. The van der Waals surface area contributed by atoms with Crippen LogP contribution in [0.2, 0.25) is 0 Å². The lowest BCUT2D eigenvalue weighted by molar-refractivity contribution is -0.154. The molecule has 0 aromatic carbocycles. The summed E-state index contributed by atoms with van der Waals surface area (Å²) in [6.45, 7) is 11.6. The van der Waals surface area contributed by atoms with E-state index in [0.29, 0.717) is 36.7 Å². The zero-order valence-electron chi connectivity index (χ0n) is 20.3. The third kappa shape index (κ3) is 5.73. The van der Waals surface area contributed by atoms with Gasteiger partial charge >= 0.3 is 5.97 Å². The van der Waals surface area contributed by atoms with E-state index in [4.69, 9.17) is 4.74 Å². The second-order valence-electron chi connectivity index (χ2n) is 11.2. The van der Waals surface area contributed by atoms with E-state index in [1.54, 1.807) is 13.8 Å². The van der Waals surface area contributed by atoms with Crippen LogP contribution < -0.4 is 0 Å².